The summed E-state index contributed by atoms with van der Waals surface area (Å²) < 4.78 is 10.8. The SMILES string of the molecule is COc1ccccc1COC[C@H](O)CN1C(=O)[C@H]2CC=CC[C@H]2C1=O. The van der Waals surface area contributed by atoms with Gasteiger partial charge in [-0.2, -0.15) is 0 Å². The molecule has 1 saturated heterocycles. The lowest BCUT2D eigenvalue weighted by atomic mass is 9.85. The van der Waals surface area contributed by atoms with Crippen LogP contribution in [-0.2, 0) is 20.9 Å². The zero-order valence-electron chi connectivity index (χ0n) is 14.3. The van der Waals surface area contributed by atoms with E-state index in [1.807, 2.05) is 36.4 Å². The van der Waals surface area contributed by atoms with Crippen LogP contribution in [0.5, 0.6) is 5.75 Å². The molecule has 2 aliphatic rings. The Morgan fingerprint density at radius 3 is 2.44 bits per heavy atom. The molecule has 1 fully saturated rings. The first-order valence-electron chi connectivity index (χ1n) is 8.49. The fourth-order valence-corrected chi connectivity index (χ4v) is 3.44. The van der Waals surface area contributed by atoms with E-state index in [1.165, 1.54) is 4.90 Å². The number of carbonyl (C=O) groups excluding carboxylic acids is 2. The van der Waals surface area contributed by atoms with Gasteiger partial charge < -0.3 is 14.6 Å². The maximum absolute atomic E-state index is 12.4. The molecule has 6 heteroatoms. The van der Waals surface area contributed by atoms with Gasteiger partial charge in [-0.3, -0.25) is 14.5 Å². The Morgan fingerprint density at radius 1 is 1.16 bits per heavy atom. The van der Waals surface area contributed by atoms with Gasteiger partial charge in [0.2, 0.25) is 11.8 Å². The number of ether oxygens (including phenoxy) is 2. The molecule has 1 aromatic rings. The van der Waals surface area contributed by atoms with E-state index < -0.39 is 6.10 Å². The first kappa shape index (κ1) is 17.6. The highest BCUT2D eigenvalue weighted by Gasteiger charge is 2.47. The maximum Gasteiger partial charge on any atom is 0.233 e. The number of para-hydroxylation sites is 1. The van der Waals surface area contributed by atoms with Gasteiger partial charge in [0.15, 0.2) is 0 Å². The van der Waals surface area contributed by atoms with E-state index in [2.05, 4.69) is 0 Å². The molecule has 0 bridgehead atoms. The zero-order chi connectivity index (χ0) is 17.8. The minimum atomic E-state index is -0.907. The number of imide groups is 1. The summed E-state index contributed by atoms with van der Waals surface area (Å²) >= 11 is 0. The van der Waals surface area contributed by atoms with Crippen LogP contribution in [0.3, 0.4) is 0 Å². The Balaban J connectivity index is 1.50. The van der Waals surface area contributed by atoms with Gasteiger partial charge in [0, 0.05) is 5.56 Å². The Morgan fingerprint density at radius 2 is 1.80 bits per heavy atom. The molecule has 1 aliphatic heterocycles. The summed E-state index contributed by atoms with van der Waals surface area (Å²) in [5, 5.41) is 10.2. The number of nitrogens with zero attached hydrogens (tertiary/aromatic N) is 1. The fraction of sp³-hybridized carbons (Fsp3) is 0.474. The predicted octanol–water partition coefficient (Wildman–Crippen LogP) is 1.52. The van der Waals surface area contributed by atoms with Crippen LogP contribution in [0, 0.1) is 11.8 Å². The summed E-state index contributed by atoms with van der Waals surface area (Å²) in [5.74, 6) is -0.164. The quantitative estimate of drug-likeness (QED) is 0.599. The van der Waals surface area contributed by atoms with Gasteiger partial charge in [0.1, 0.15) is 5.75 Å². The smallest absolute Gasteiger partial charge is 0.233 e. The topological polar surface area (TPSA) is 76.1 Å². The van der Waals surface area contributed by atoms with Gasteiger partial charge in [-0.05, 0) is 18.9 Å². The van der Waals surface area contributed by atoms with Crippen LogP contribution in [0.2, 0.25) is 0 Å². The summed E-state index contributed by atoms with van der Waals surface area (Å²) in [5.41, 5.74) is 0.877. The van der Waals surface area contributed by atoms with Crippen molar-refractivity contribution in [3.63, 3.8) is 0 Å². The Hall–Kier alpha value is -2.18. The molecule has 3 atom stereocenters. The van der Waals surface area contributed by atoms with Gasteiger partial charge in [-0.1, -0.05) is 30.4 Å². The number of amides is 2. The summed E-state index contributed by atoms with van der Waals surface area (Å²) in [6.45, 7) is 0.317. The number of aliphatic hydroxyl groups excluding tert-OH is 1. The number of rotatable bonds is 7. The molecule has 1 aliphatic carbocycles. The second-order valence-corrected chi connectivity index (χ2v) is 6.42. The van der Waals surface area contributed by atoms with Crippen molar-refractivity contribution in [1.29, 1.82) is 0 Å². The van der Waals surface area contributed by atoms with Gasteiger partial charge in [-0.25, -0.2) is 0 Å². The van der Waals surface area contributed by atoms with Crippen LogP contribution in [-0.4, -0.2) is 48.2 Å². The van der Waals surface area contributed by atoms with E-state index in [9.17, 15) is 14.7 Å². The number of benzene rings is 1. The van der Waals surface area contributed by atoms with Crippen molar-refractivity contribution in [3.8, 4) is 5.75 Å². The van der Waals surface area contributed by atoms with E-state index in [4.69, 9.17) is 9.47 Å². The highest BCUT2D eigenvalue weighted by atomic mass is 16.5. The van der Waals surface area contributed by atoms with Gasteiger partial charge in [0.05, 0.1) is 44.8 Å². The highest BCUT2D eigenvalue weighted by Crippen LogP contribution is 2.35. The van der Waals surface area contributed by atoms with Crippen molar-refractivity contribution in [2.24, 2.45) is 11.8 Å². The number of carbonyl (C=O) groups is 2. The van der Waals surface area contributed by atoms with Gasteiger partial charge >= 0.3 is 0 Å². The maximum atomic E-state index is 12.4. The fourth-order valence-electron chi connectivity index (χ4n) is 3.44. The number of allylic oxidation sites excluding steroid dienone is 2. The molecule has 0 radical (unpaired) electrons. The standard InChI is InChI=1S/C19H23NO5/c1-24-17-9-5-2-6-13(17)11-25-12-14(21)10-20-18(22)15-7-3-4-8-16(15)19(20)23/h2-6,9,14-16,21H,7-8,10-12H2,1H3/t14-,15-,16+/m1/s1. The van der Waals surface area contributed by atoms with Crippen LogP contribution in [0.1, 0.15) is 18.4 Å². The van der Waals surface area contributed by atoms with Crippen molar-refractivity contribution >= 4 is 11.8 Å². The van der Waals surface area contributed by atoms with Crippen molar-refractivity contribution in [1.82, 2.24) is 4.90 Å². The number of hydrogen-bond acceptors (Lipinski definition) is 5. The number of methoxy groups -OCH3 is 1. The largest absolute Gasteiger partial charge is 0.496 e. The first-order valence-corrected chi connectivity index (χ1v) is 8.49. The number of aliphatic hydroxyl groups is 1. The van der Waals surface area contributed by atoms with Crippen molar-refractivity contribution in [3.05, 3.63) is 42.0 Å². The average Bonchev–Trinajstić information content (AvgIpc) is 2.87. The van der Waals surface area contributed by atoms with Gasteiger partial charge in [0.25, 0.3) is 0 Å². The van der Waals surface area contributed by atoms with E-state index in [1.54, 1.807) is 7.11 Å². The minimum absolute atomic E-state index is 0.0173. The predicted molar refractivity (Wildman–Crippen MR) is 90.7 cm³/mol. The molecule has 134 valence electrons. The Bertz CT molecular complexity index is 646. The van der Waals surface area contributed by atoms with E-state index in [0.29, 0.717) is 12.8 Å². The first-order chi connectivity index (χ1) is 12.1. The molecule has 6 nitrogen and oxygen atoms in total. The van der Waals surface area contributed by atoms with Crippen LogP contribution in [0.25, 0.3) is 0 Å². The van der Waals surface area contributed by atoms with E-state index in [-0.39, 0.29) is 43.4 Å². The molecular weight excluding hydrogens is 322 g/mol. The van der Waals surface area contributed by atoms with Gasteiger partial charge in [-0.15, -0.1) is 0 Å². The number of hydrogen-bond donors (Lipinski definition) is 1. The summed E-state index contributed by atoms with van der Waals surface area (Å²) in [6.07, 6.45) is 4.19. The molecule has 0 unspecified atom stereocenters. The number of β-amino-alcohol motifs (C(OH)–C–C–N with tert-alkyl or cyclic N) is 1. The van der Waals surface area contributed by atoms with Crippen molar-refractivity contribution in [2.45, 2.75) is 25.6 Å². The highest BCUT2D eigenvalue weighted by molar-refractivity contribution is 6.05. The second-order valence-electron chi connectivity index (χ2n) is 6.42. The third-order valence-corrected chi connectivity index (χ3v) is 4.75. The third kappa shape index (κ3) is 3.75. The third-order valence-electron chi connectivity index (χ3n) is 4.75. The number of fused-ring (bicyclic) bond motifs is 1. The Kier molecular flexibility index (Phi) is 5.50. The normalized spacial score (nSPS) is 23.7. The molecule has 0 spiro atoms. The molecule has 1 N–H and O–H groups in total. The molecule has 1 heterocycles. The van der Waals surface area contributed by atoms with Crippen LogP contribution >= 0.6 is 0 Å². The molecule has 0 saturated carbocycles. The molecule has 1 aromatic carbocycles. The van der Waals surface area contributed by atoms with Crippen LogP contribution in [0.15, 0.2) is 36.4 Å². The van der Waals surface area contributed by atoms with Crippen LogP contribution < -0.4 is 4.74 Å². The summed E-state index contributed by atoms with van der Waals surface area (Å²) in [4.78, 5) is 25.9. The molecule has 3 rings (SSSR count). The zero-order valence-corrected chi connectivity index (χ0v) is 14.3. The van der Waals surface area contributed by atoms with E-state index >= 15 is 0 Å². The van der Waals surface area contributed by atoms with E-state index in [0.717, 1.165) is 11.3 Å². The monoisotopic (exact) mass is 345 g/mol. The van der Waals surface area contributed by atoms with Crippen molar-refractivity contribution in [2.75, 3.05) is 20.3 Å². The Labute approximate surface area is 147 Å². The lowest BCUT2D eigenvalue weighted by molar-refractivity contribution is -0.142. The summed E-state index contributed by atoms with van der Waals surface area (Å²) in [7, 11) is 1.59. The second kappa shape index (κ2) is 7.80. The molecule has 0 aromatic heterocycles. The number of likely N-dealkylation sites (tertiary alicyclic amines) is 1. The molecular formula is C19H23NO5. The summed E-state index contributed by atoms with van der Waals surface area (Å²) in [6, 6.07) is 7.48. The average molecular weight is 345 g/mol. The molecule has 25 heavy (non-hydrogen) atoms. The lowest BCUT2D eigenvalue weighted by Crippen LogP contribution is -2.39. The van der Waals surface area contributed by atoms with Crippen molar-refractivity contribution < 1.29 is 24.2 Å². The van der Waals surface area contributed by atoms with Crippen LogP contribution in [0.4, 0.5) is 0 Å². The lowest BCUT2D eigenvalue weighted by Gasteiger charge is -2.19. The molecule has 2 amide bonds. The minimum Gasteiger partial charge on any atom is -0.496 e.